The number of nitrogens with one attached hydrogen (secondary N) is 1. The van der Waals surface area contributed by atoms with Gasteiger partial charge in [0.1, 0.15) is 17.9 Å². The Morgan fingerprint density at radius 3 is 2.46 bits per heavy atom. The number of hydrogen-bond donors (Lipinski definition) is 1. The highest BCUT2D eigenvalue weighted by Crippen LogP contribution is 2.24. The first kappa shape index (κ1) is 25.0. The summed E-state index contributed by atoms with van der Waals surface area (Å²) in [6, 6.07) is 25.4. The maximum Gasteiger partial charge on any atom is 0.307 e. The smallest absolute Gasteiger partial charge is 0.307 e. The highest BCUT2D eigenvalue weighted by molar-refractivity contribution is 9.10. The first-order valence-electron chi connectivity index (χ1n) is 11.6. The standard InChI is InChI=1S/C29H23Br2N3O3/c1-18-13-22(16-32-33-29(35)28-15-21-14-24(31)7-12-27(21)37-28)19(2)34(18)25-8-10-26(11-9-25)36-17-20-3-5-23(30)6-4-20/h3-16H,17H2,1-2H3,(H,33,35)/b32-16+. The van der Waals surface area contributed by atoms with Crippen molar-refractivity contribution in [2.45, 2.75) is 20.5 Å². The number of carbonyl (C=O) groups is 1. The van der Waals surface area contributed by atoms with Crippen molar-refractivity contribution >= 4 is 55.0 Å². The van der Waals surface area contributed by atoms with Gasteiger partial charge >= 0.3 is 5.91 Å². The lowest BCUT2D eigenvalue weighted by atomic mass is 10.2. The van der Waals surface area contributed by atoms with E-state index in [1.807, 2.05) is 86.6 Å². The van der Waals surface area contributed by atoms with Crippen LogP contribution in [0, 0.1) is 13.8 Å². The molecule has 0 spiro atoms. The van der Waals surface area contributed by atoms with E-state index in [0.29, 0.717) is 12.2 Å². The summed E-state index contributed by atoms with van der Waals surface area (Å²) >= 11 is 6.87. The Kier molecular flexibility index (Phi) is 7.30. The summed E-state index contributed by atoms with van der Waals surface area (Å²) in [6.45, 7) is 4.56. The van der Waals surface area contributed by atoms with Crippen LogP contribution in [0.25, 0.3) is 16.7 Å². The number of aryl methyl sites for hydroxylation is 1. The average Bonchev–Trinajstić information content (AvgIpc) is 3.44. The van der Waals surface area contributed by atoms with E-state index in [4.69, 9.17) is 9.15 Å². The fourth-order valence-electron chi connectivity index (χ4n) is 4.10. The Balaban J connectivity index is 1.25. The lowest BCUT2D eigenvalue weighted by Gasteiger charge is -2.11. The fraction of sp³-hybridized carbons (Fsp3) is 0.103. The molecule has 186 valence electrons. The highest BCUT2D eigenvalue weighted by Gasteiger charge is 2.13. The summed E-state index contributed by atoms with van der Waals surface area (Å²) < 4.78 is 15.7. The van der Waals surface area contributed by atoms with Crippen LogP contribution in [0.3, 0.4) is 0 Å². The van der Waals surface area contributed by atoms with Crippen molar-refractivity contribution in [3.8, 4) is 11.4 Å². The van der Waals surface area contributed by atoms with Crippen molar-refractivity contribution < 1.29 is 13.9 Å². The summed E-state index contributed by atoms with van der Waals surface area (Å²) in [5, 5.41) is 5.00. The van der Waals surface area contributed by atoms with Crippen LogP contribution in [0.1, 0.15) is 33.1 Å². The monoisotopic (exact) mass is 619 g/mol. The number of nitrogens with zero attached hydrogens (tertiary/aromatic N) is 2. The van der Waals surface area contributed by atoms with Gasteiger partial charge in [0.05, 0.1) is 6.21 Å². The second kappa shape index (κ2) is 10.8. The number of furan rings is 1. The Hall–Kier alpha value is -3.62. The van der Waals surface area contributed by atoms with Crippen LogP contribution in [-0.2, 0) is 6.61 Å². The number of hydrazone groups is 1. The minimum absolute atomic E-state index is 0.207. The van der Waals surface area contributed by atoms with Crippen molar-refractivity contribution in [2.75, 3.05) is 0 Å². The van der Waals surface area contributed by atoms with Gasteiger partial charge in [-0.05, 0) is 86.1 Å². The third-order valence-electron chi connectivity index (χ3n) is 5.96. The SMILES string of the molecule is Cc1cc(/C=N/NC(=O)c2cc3cc(Br)ccc3o2)c(C)n1-c1ccc(OCc2ccc(Br)cc2)cc1. The van der Waals surface area contributed by atoms with Crippen LogP contribution in [0.5, 0.6) is 5.75 Å². The summed E-state index contributed by atoms with van der Waals surface area (Å²) in [5.74, 6) is 0.603. The van der Waals surface area contributed by atoms with E-state index in [2.05, 4.69) is 47.0 Å². The number of ether oxygens (including phenoxy) is 1. The van der Waals surface area contributed by atoms with Crippen LogP contribution in [0.4, 0.5) is 0 Å². The summed E-state index contributed by atoms with van der Waals surface area (Å²) in [4.78, 5) is 12.5. The molecule has 0 fully saturated rings. The first-order chi connectivity index (χ1) is 17.9. The molecular formula is C29H23Br2N3O3. The van der Waals surface area contributed by atoms with Crippen LogP contribution in [-0.4, -0.2) is 16.7 Å². The van der Waals surface area contributed by atoms with Gasteiger partial charge in [-0.25, -0.2) is 5.43 Å². The molecule has 3 aromatic carbocycles. The molecule has 0 bridgehead atoms. The van der Waals surface area contributed by atoms with Crippen molar-refractivity contribution in [1.82, 2.24) is 9.99 Å². The number of aromatic nitrogens is 1. The van der Waals surface area contributed by atoms with Gasteiger partial charge in [0.25, 0.3) is 0 Å². The molecule has 0 unspecified atom stereocenters. The quantitative estimate of drug-likeness (QED) is 0.150. The van der Waals surface area contributed by atoms with Crippen molar-refractivity contribution in [1.29, 1.82) is 0 Å². The third kappa shape index (κ3) is 5.70. The van der Waals surface area contributed by atoms with E-state index in [9.17, 15) is 4.79 Å². The number of amides is 1. The van der Waals surface area contributed by atoms with Gasteiger partial charge in [0.2, 0.25) is 0 Å². The van der Waals surface area contributed by atoms with E-state index in [1.54, 1.807) is 12.3 Å². The van der Waals surface area contributed by atoms with Crippen molar-refractivity contribution in [3.05, 3.63) is 116 Å². The maximum absolute atomic E-state index is 12.5. The first-order valence-corrected chi connectivity index (χ1v) is 13.1. The molecule has 1 N–H and O–H groups in total. The topological polar surface area (TPSA) is 68.8 Å². The molecule has 37 heavy (non-hydrogen) atoms. The number of hydrogen-bond acceptors (Lipinski definition) is 4. The van der Waals surface area contributed by atoms with Crippen LogP contribution >= 0.6 is 31.9 Å². The third-order valence-corrected chi connectivity index (χ3v) is 6.98. The van der Waals surface area contributed by atoms with Gasteiger partial charge in [0, 0.05) is 37.0 Å². The van der Waals surface area contributed by atoms with Crippen LogP contribution in [0.15, 0.2) is 97.3 Å². The fourth-order valence-corrected chi connectivity index (χ4v) is 4.74. The molecule has 0 aliphatic carbocycles. The Bertz CT molecular complexity index is 1600. The van der Waals surface area contributed by atoms with Crippen molar-refractivity contribution in [3.63, 3.8) is 0 Å². The molecule has 0 aliphatic rings. The zero-order chi connectivity index (χ0) is 25.9. The lowest BCUT2D eigenvalue weighted by Crippen LogP contribution is -2.16. The second-order valence-electron chi connectivity index (χ2n) is 8.56. The van der Waals surface area contributed by atoms with E-state index in [-0.39, 0.29) is 5.76 Å². The van der Waals surface area contributed by atoms with Gasteiger partial charge in [-0.1, -0.05) is 44.0 Å². The minimum Gasteiger partial charge on any atom is -0.489 e. The Morgan fingerprint density at radius 2 is 1.70 bits per heavy atom. The molecule has 2 aromatic heterocycles. The molecule has 2 heterocycles. The van der Waals surface area contributed by atoms with E-state index < -0.39 is 5.91 Å². The average molecular weight is 621 g/mol. The molecule has 0 atom stereocenters. The Labute approximate surface area is 231 Å². The zero-order valence-corrected chi connectivity index (χ0v) is 23.3. The molecular weight excluding hydrogens is 598 g/mol. The number of fused-ring (bicyclic) bond motifs is 1. The van der Waals surface area contributed by atoms with Gasteiger partial charge in [-0.3, -0.25) is 4.79 Å². The largest absolute Gasteiger partial charge is 0.489 e. The minimum atomic E-state index is -0.406. The van der Waals surface area contributed by atoms with Gasteiger partial charge in [-0.2, -0.15) is 5.10 Å². The summed E-state index contributed by atoms with van der Waals surface area (Å²) in [7, 11) is 0. The van der Waals surface area contributed by atoms with Gasteiger partial charge in [-0.15, -0.1) is 0 Å². The van der Waals surface area contributed by atoms with Crippen LogP contribution < -0.4 is 10.2 Å². The van der Waals surface area contributed by atoms with Crippen LogP contribution in [0.2, 0.25) is 0 Å². The second-order valence-corrected chi connectivity index (χ2v) is 10.4. The number of halogens is 2. The maximum atomic E-state index is 12.5. The molecule has 0 aliphatic heterocycles. The Morgan fingerprint density at radius 1 is 0.973 bits per heavy atom. The predicted molar refractivity (Wildman–Crippen MR) is 153 cm³/mol. The van der Waals surface area contributed by atoms with E-state index in [0.717, 1.165) is 48.3 Å². The molecule has 0 saturated heterocycles. The molecule has 5 rings (SSSR count). The zero-order valence-electron chi connectivity index (χ0n) is 20.2. The van der Waals surface area contributed by atoms with Gasteiger partial charge in [0.15, 0.2) is 5.76 Å². The molecule has 1 amide bonds. The number of carbonyl (C=O) groups excluding carboxylic acids is 1. The molecule has 8 heteroatoms. The number of rotatable bonds is 7. The predicted octanol–water partition coefficient (Wildman–Crippen LogP) is 7.71. The molecule has 0 radical (unpaired) electrons. The lowest BCUT2D eigenvalue weighted by molar-refractivity contribution is 0.0929. The van der Waals surface area contributed by atoms with E-state index >= 15 is 0 Å². The number of benzene rings is 3. The molecule has 5 aromatic rings. The van der Waals surface area contributed by atoms with Gasteiger partial charge < -0.3 is 13.7 Å². The van der Waals surface area contributed by atoms with E-state index in [1.165, 1.54) is 0 Å². The normalized spacial score (nSPS) is 11.4. The summed E-state index contributed by atoms with van der Waals surface area (Å²) in [5.41, 5.74) is 8.28. The highest BCUT2D eigenvalue weighted by atomic mass is 79.9. The molecule has 0 saturated carbocycles. The molecule has 6 nitrogen and oxygen atoms in total. The summed E-state index contributed by atoms with van der Waals surface area (Å²) in [6.07, 6.45) is 1.64. The van der Waals surface area contributed by atoms with Crippen molar-refractivity contribution in [2.24, 2.45) is 5.10 Å².